The number of ketones is 1. The fourth-order valence-electron chi connectivity index (χ4n) is 3.12. The topological polar surface area (TPSA) is 17.1 Å². The van der Waals surface area contributed by atoms with Crippen molar-refractivity contribution in [2.24, 2.45) is 11.3 Å². The van der Waals surface area contributed by atoms with Crippen LogP contribution in [0.25, 0.3) is 5.57 Å². The highest BCUT2D eigenvalue weighted by Gasteiger charge is 2.17. The van der Waals surface area contributed by atoms with Gasteiger partial charge in [0.25, 0.3) is 0 Å². The lowest BCUT2D eigenvalue weighted by atomic mass is 9.81. The molecule has 1 heteroatoms. The number of benzene rings is 1. The van der Waals surface area contributed by atoms with Gasteiger partial charge < -0.3 is 4.79 Å². The normalized spacial score (nSPS) is 10.4. The van der Waals surface area contributed by atoms with E-state index in [1.807, 2.05) is 13.8 Å². The summed E-state index contributed by atoms with van der Waals surface area (Å²) in [5, 5.41) is 0. The molecular formula is C28H48O. The Kier molecular flexibility index (Phi) is 16.5. The van der Waals surface area contributed by atoms with Gasteiger partial charge in [-0.05, 0) is 67.6 Å². The van der Waals surface area contributed by atoms with Gasteiger partial charge in [0.05, 0.1) is 0 Å². The van der Waals surface area contributed by atoms with Crippen LogP contribution in [0, 0.1) is 11.3 Å². The molecule has 1 rings (SSSR count). The maximum atomic E-state index is 9.44. The highest BCUT2D eigenvalue weighted by molar-refractivity contribution is 5.72. The van der Waals surface area contributed by atoms with Crippen LogP contribution in [0.3, 0.4) is 0 Å². The summed E-state index contributed by atoms with van der Waals surface area (Å²) in [6, 6.07) is 8.83. The molecule has 0 saturated carbocycles. The largest absolute Gasteiger partial charge is 0.300 e. The second kappa shape index (κ2) is 16.2. The summed E-state index contributed by atoms with van der Waals surface area (Å²) in [5.41, 5.74) is 5.67. The Labute approximate surface area is 182 Å². The Bertz CT molecular complexity index is 591. The lowest BCUT2D eigenvalue weighted by Crippen LogP contribution is -2.10. The fourth-order valence-corrected chi connectivity index (χ4v) is 3.12. The van der Waals surface area contributed by atoms with E-state index in [0.717, 1.165) is 12.8 Å². The van der Waals surface area contributed by atoms with Crippen LogP contribution in [0.2, 0.25) is 0 Å². The van der Waals surface area contributed by atoms with Gasteiger partial charge in [0, 0.05) is 0 Å². The minimum absolute atomic E-state index is 0.167. The molecule has 1 aromatic carbocycles. The third kappa shape index (κ3) is 13.3. The zero-order chi connectivity index (χ0) is 23.0. The van der Waals surface area contributed by atoms with Crippen molar-refractivity contribution in [3.63, 3.8) is 0 Å². The van der Waals surface area contributed by atoms with E-state index in [9.17, 15) is 4.79 Å². The number of aryl methyl sites for hydroxylation is 1. The molecule has 0 atom stereocenters. The van der Waals surface area contributed by atoms with Crippen molar-refractivity contribution in [2.45, 2.75) is 101 Å². The van der Waals surface area contributed by atoms with Crippen LogP contribution < -0.4 is 0 Å². The molecule has 1 aromatic rings. The Morgan fingerprint density at radius 2 is 1.41 bits per heavy atom. The summed E-state index contributed by atoms with van der Waals surface area (Å²) < 4.78 is 0. The molecular weight excluding hydrogens is 352 g/mol. The Morgan fingerprint density at radius 1 is 0.966 bits per heavy atom. The molecule has 166 valence electrons. The summed E-state index contributed by atoms with van der Waals surface area (Å²) in [7, 11) is 0. The molecule has 0 aliphatic carbocycles. The predicted molar refractivity (Wildman–Crippen MR) is 133 cm³/mol. The van der Waals surface area contributed by atoms with Gasteiger partial charge in [-0.2, -0.15) is 0 Å². The molecule has 0 bridgehead atoms. The first-order valence-corrected chi connectivity index (χ1v) is 11.5. The van der Waals surface area contributed by atoms with Crippen molar-refractivity contribution < 1.29 is 4.79 Å². The third-order valence-electron chi connectivity index (χ3n) is 4.89. The lowest BCUT2D eigenvalue weighted by Gasteiger charge is -2.24. The molecule has 0 saturated heterocycles. The van der Waals surface area contributed by atoms with Gasteiger partial charge >= 0.3 is 0 Å². The van der Waals surface area contributed by atoms with Gasteiger partial charge in [0.15, 0.2) is 0 Å². The lowest BCUT2D eigenvalue weighted by molar-refractivity contribution is -0.114. The quantitative estimate of drug-likeness (QED) is 0.378. The maximum Gasteiger partial charge on any atom is 0.126 e. The molecule has 29 heavy (non-hydrogen) atoms. The molecule has 0 aliphatic rings. The third-order valence-corrected chi connectivity index (χ3v) is 4.89. The molecule has 0 radical (unpaired) electrons. The number of hydrogen-bond donors (Lipinski definition) is 0. The number of rotatable bonds is 9. The van der Waals surface area contributed by atoms with E-state index < -0.39 is 0 Å². The highest BCUT2D eigenvalue weighted by atomic mass is 16.1. The molecule has 0 unspecified atom stereocenters. The molecule has 0 N–H and O–H groups in total. The summed E-state index contributed by atoms with van der Waals surface area (Å²) in [6.45, 7) is 27.1. The number of Topliss-reactive ketones (excluding diaryl/α,β-unsaturated/α-hetero) is 1. The Morgan fingerprint density at radius 3 is 1.83 bits per heavy atom. The molecule has 1 nitrogen and oxygen atoms in total. The predicted octanol–water partition coefficient (Wildman–Crippen LogP) is 9.07. The minimum Gasteiger partial charge on any atom is -0.300 e. The summed E-state index contributed by atoms with van der Waals surface area (Å²) >= 11 is 0. The second-order valence-electron chi connectivity index (χ2n) is 8.72. The van der Waals surface area contributed by atoms with E-state index in [1.54, 1.807) is 0 Å². The van der Waals surface area contributed by atoms with Crippen LogP contribution >= 0.6 is 0 Å². The van der Waals surface area contributed by atoms with Crippen molar-refractivity contribution in [3.8, 4) is 0 Å². The Hall–Kier alpha value is -1.63. The molecule has 0 heterocycles. The van der Waals surface area contributed by atoms with Crippen LogP contribution in [-0.4, -0.2) is 5.78 Å². The monoisotopic (exact) mass is 400 g/mol. The molecule has 0 aliphatic heterocycles. The first-order chi connectivity index (χ1) is 13.5. The maximum absolute atomic E-state index is 9.44. The summed E-state index contributed by atoms with van der Waals surface area (Å²) in [4.78, 5) is 9.44. The van der Waals surface area contributed by atoms with Gasteiger partial charge in [-0.3, -0.25) is 0 Å². The smallest absolute Gasteiger partial charge is 0.126 e. The highest BCUT2D eigenvalue weighted by Crippen LogP contribution is 2.33. The van der Waals surface area contributed by atoms with Gasteiger partial charge in [0.2, 0.25) is 0 Å². The fraction of sp³-hybridized carbons (Fsp3) is 0.607. The summed E-state index contributed by atoms with van der Waals surface area (Å²) in [6.07, 6.45) is 7.07. The zero-order valence-corrected chi connectivity index (χ0v) is 21.0. The van der Waals surface area contributed by atoms with Crippen molar-refractivity contribution in [1.29, 1.82) is 0 Å². The van der Waals surface area contributed by atoms with Crippen LogP contribution in [0.15, 0.2) is 43.0 Å². The Balaban J connectivity index is 0. The SMILES string of the molecule is C=C(c1ccccc1CCC(=C)C(C)(C)C)C(CCC)CCC.CC.CC(C)=O. The van der Waals surface area contributed by atoms with Gasteiger partial charge in [-0.15, -0.1) is 0 Å². The van der Waals surface area contributed by atoms with E-state index in [4.69, 9.17) is 0 Å². The number of carbonyl (C=O) groups excluding carboxylic acids is 1. The molecule has 0 aromatic heterocycles. The van der Waals surface area contributed by atoms with Crippen LogP contribution in [0.5, 0.6) is 0 Å². The molecule has 0 spiro atoms. The van der Waals surface area contributed by atoms with E-state index in [0.29, 0.717) is 5.92 Å². The van der Waals surface area contributed by atoms with Crippen LogP contribution in [-0.2, 0) is 11.2 Å². The van der Waals surface area contributed by atoms with E-state index >= 15 is 0 Å². The first-order valence-electron chi connectivity index (χ1n) is 11.5. The van der Waals surface area contributed by atoms with Crippen LogP contribution in [0.4, 0.5) is 0 Å². The van der Waals surface area contributed by atoms with E-state index in [2.05, 4.69) is 72.0 Å². The van der Waals surface area contributed by atoms with Crippen molar-refractivity contribution in [2.75, 3.05) is 0 Å². The van der Waals surface area contributed by atoms with Gasteiger partial charge in [0.1, 0.15) is 5.78 Å². The number of carbonyl (C=O) groups is 1. The number of allylic oxidation sites excluding steroid dienone is 2. The van der Waals surface area contributed by atoms with Gasteiger partial charge in [-0.25, -0.2) is 0 Å². The average Bonchev–Trinajstić information content (AvgIpc) is 2.66. The molecule has 0 fully saturated rings. The van der Waals surface area contributed by atoms with Gasteiger partial charge in [-0.1, -0.05) is 104 Å². The van der Waals surface area contributed by atoms with E-state index in [1.165, 1.54) is 61.8 Å². The number of hydrogen-bond acceptors (Lipinski definition) is 1. The summed E-state index contributed by atoms with van der Waals surface area (Å²) in [5.74, 6) is 0.789. The molecule has 0 amide bonds. The average molecular weight is 401 g/mol. The zero-order valence-electron chi connectivity index (χ0n) is 21.0. The van der Waals surface area contributed by atoms with Crippen molar-refractivity contribution >= 4 is 11.4 Å². The van der Waals surface area contributed by atoms with E-state index in [-0.39, 0.29) is 11.2 Å². The first kappa shape index (κ1) is 29.6. The minimum atomic E-state index is 0.167. The van der Waals surface area contributed by atoms with Crippen molar-refractivity contribution in [3.05, 3.63) is 54.1 Å². The standard InChI is InChI=1S/C23H36.C3H6O.C2H6/c1-8-12-20(13-9-2)19(4)22-15-11-10-14-21(22)17-16-18(3)23(5,6)7;1-3(2)4;1-2/h10-11,14-15,20H,3-4,8-9,12-13,16-17H2,1-2,5-7H3;1-2H3;1-2H3. The van der Waals surface area contributed by atoms with Crippen LogP contribution in [0.1, 0.15) is 106 Å². The second-order valence-corrected chi connectivity index (χ2v) is 8.72. The van der Waals surface area contributed by atoms with Crippen molar-refractivity contribution in [1.82, 2.24) is 0 Å².